The number of halogens is 1. The molecule has 1 amide bonds. The smallest absolute Gasteiger partial charge is 0.256 e. The summed E-state index contributed by atoms with van der Waals surface area (Å²) < 4.78 is 14.7. The first kappa shape index (κ1) is 12.1. The van der Waals surface area contributed by atoms with Crippen molar-refractivity contribution < 1.29 is 9.18 Å². The van der Waals surface area contributed by atoms with Crippen LogP contribution < -0.4 is 11.1 Å². The van der Waals surface area contributed by atoms with Crippen LogP contribution in [0.2, 0.25) is 0 Å². The molecule has 0 aliphatic heterocycles. The maximum Gasteiger partial charge on any atom is 0.256 e. The number of hydrogen-bond acceptors (Lipinski definition) is 3. The number of nitrogen functional groups attached to an aromatic ring is 1. The Morgan fingerprint density at radius 2 is 2.22 bits per heavy atom. The van der Waals surface area contributed by atoms with Gasteiger partial charge in [-0.1, -0.05) is 18.2 Å². The molecule has 0 bridgehead atoms. The van der Waals surface area contributed by atoms with Gasteiger partial charge >= 0.3 is 0 Å². The Hall–Kier alpha value is -2.37. The fourth-order valence-corrected chi connectivity index (χ4v) is 1.53. The lowest BCUT2D eigenvalue weighted by Crippen LogP contribution is -2.24. The van der Waals surface area contributed by atoms with Crippen molar-refractivity contribution in [2.75, 3.05) is 5.73 Å². The van der Waals surface area contributed by atoms with E-state index in [-0.39, 0.29) is 29.7 Å². The lowest BCUT2D eigenvalue weighted by atomic mass is 10.2. The molecule has 1 aromatic carbocycles. The maximum atomic E-state index is 13.3. The molecular formula is C12H13FN4O. The summed E-state index contributed by atoms with van der Waals surface area (Å²) in [7, 11) is 1.64. The molecule has 94 valence electrons. The number of amides is 1. The van der Waals surface area contributed by atoms with E-state index < -0.39 is 0 Å². The zero-order chi connectivity index (χ0) is 13.1. The van der Waals surface area contributed by atoms with Gasteiger partial charge in [-0.25, -0.2) is 4.39 Å². The van der Waals surface area contributed by atoms with E-state index in [4.69, 9.17) is 5.73 Å². The zero-order valence-corrected chi connectivity index (χ0v) is 9.85. The van der Waals surface area contributed by atoms with Gasteiger partial charge in [-0.15, -0.1) is 0 Å². The number of nitrogens with two attached hydrogens (primary N) is 1. The summed E-state index contributed by atoms with van der Waals surface area (Å²) in [5.74, 6) is -0.443. The highest BCUT2D eigenvalue weighted by Crippen LogP contribution is 2.10. The highest BCUT2D eigenvalue weighted by atomic mass is 19.1. The highest BCUT2D eigenvalue weighted by Gasteiger charge is 2.13. The topological polar surface area (TPSA) is 72.9 Å². The van der Waals surface area contributed by atoms with Crippen molar-refractivity contribution in [3.05, 3.63) is 47.4 Å². The molecule has 0 radical (unpaired) electrons. The van der Waals surface area contributed by atoms with E-state index in [1.54, 1.807) is 25.2 Å². The first-order valence-corrected chi connectivity index (χ1v) is 5.38. The standard InChI is InChI=1S/C12H13FN4O/c1-17-11(14)9(7-16-17)12(18)15-6-8-4-2-3-5-10(8)13/h2-5,7H,6,14H2,1H3,(H,15,18). The third kappa shape index (κ3) is 2.32. The van der Waals surface area contributed by atoms with Gasteiger partial charge in [0.05, 0.1) is 6.20 Å². The number of aromatic nitrogens is 2. The molecule has 0 saturated heterocycles. The highest BCUT2D eigenvalue weighted by molar-refractivity contribution is 5.98. The molecular weight excluding hydrogens is 235 g/mol. The van der Waals surface area contributed by atoms with E-state index >= 15 is 0 Å². The van der Waals surface area contributed by atoms with Crippen molar-refractivity contribution in [1.29, 1.82) is 0 Å². The molecule has 1 aromatic heterocycles. The van der Waals surface area contributed by atoms with Crippen LogP contribution in [0.5, 0.6) is 0 Å². The summed E-state index contributed by atoms with van der Waals surface area (Å²) in [6.45, 7) is 0.111. The molecule has 1 heterocycles. The Kier molecular flexibility index (Phi) is 3.27. The van der Waals surface area contributed by atoms with Gasteiger partial charge in [-0.3, -0.25) is 9.48 Å². The van der Waals surface area contributed by atoms with E-state index in [1.165, 1.54) is 16.9 Å². The van der Waals surface area contributed by atoms with Crippen molar-refractivity contribution >= 4 is 11.7 Å². The molecule has 2 aromatic rings. The predicted molar refractivity (Wildman–Crippen MR) is 65.2 cm³/mol. The molecule has 18 heavy (non-hydrogen) atoms. The van der Waals surface area contributed by atoms with Gasteiger partial charge in [0.1, 0.15) is 17.2 Å². The molecule has 0 saturated carbocycles. The van der Waals surface area contributed by atoms with Crippen LogP contribution in [-0.4, -0.2) is 15.7 Å². The summed E-state index contributed by atoms with van der Waals surface area (Å²) in [4.78, 5) is 11.8. The first-order chi connectivity index (χ1) is 8.59. The normalized spacial score (nSPS) is 10.3. The minimum absolute atomic E-state index is 0.111. The monoisotopic (exact) mass is 248 g/mol. The van der Waals surface area contributed by atoms with Gasteiger partial charge in [-0.05, 0) is 6.07 Å². The van der Waals surface area contributed by atoms with E-state index in [0.29, 0.717) is 5.56 Å². The summed E-state index contributed by atoms with van der Waals surface area (Å²) in [5.41, 5.74) is 6.38. The summed E-state index contributed by atoms with van der Waals surface area (Å²) in [6.07, 6.45) is 1.38. The SMILES string of the molecule is Cn1ncc(C(=O)NCc2ccccc2F)c1N. The summed E-state index contributed by atoms with van der Waals surface area (Å²) >= 11 is 0. The average molecular weight is 248 g/mol. The molecule has 6 heteroatoms. The summed E-state index contributed by atoms with van der Waals surface area (Å²) in [5, 5.41) is 6.46. The van der Waals surface area contributed by atoms with Crippen LogP contribution in [0.1, 0.15) is 15.9 Å². The van der Waals surface area contributed by atoms with Crippen LogP contribution in [0.4, 0.5) is 10.2 Å². The minimum Gasteiger partial charge on any atom is -0.383 e. The molecule has 0 aliphatic carbocycles. The van der Waals surface area contributed by atoms with E-state index in [9.17, 15) is 9.18 Å². The molecule has 0 unspecified atom stereocenters. The number of anilines is 1. The zero-order valence-electron chi connectivity index (χ0n) is 9.85. The predicted octanol–water partition coefficient (Wildman–Crippen LogP) is 1.07. The molecule has 5 nitrogen and oxygen atoms in total. The van der Waals surface area contributed by atoms with Gasteiger partial charge in [-0.2, -0.15) is 5.10 Å². The molecule has 0 aliphatic rings. The summed E-state index contributed by atoms with van der Waals surface area (Å²) in [6, 6.07) is 6.27. The largest absolute Gasteiger partial charge is 0.383 e. The number of carbonyl (C=O) groups excluding carboxylic acids is 1. The number of rotatable bonds is 3. The average Bonchev–Trinajstić information content (AvgIpc) is 2.69. The Bertz CT molecular complexity index is 579. The number of nitrogens with zero attached hydrogens (tertiary/aromatic N) is 2. The Morgan fingerprint density at radius 1 is 1.50 bits per heavy atom. The lowest BCUT2D eigenvalue weighted by Gasteiger charge is -2.05. The third-order valence-corrected chi connectivity index (χ3v) is 2.63. The molecule has 0 fully saturated rings. The second kappa shape index (κ2) is 4.87. The van der Waals surface area contributed by atoms with Crippen LogP contribution in [0.15, 0.2) is 30.5 Å². The lowest BCUT2D eigenvalue weighted by molar-refractivity contribution is 0.0951. The fourth-order valence-electron chi connectivity index (χ4n) is 1.53. The minimum atomic E-state index is -0.371. The Morgan fingerprint density at radius 3 is 2.83 bits per heavy atom. The van der Waals surface area contributed by atoms with E-state index in [2.05, 4.69) is 10.4 Å². The third-order valence-electron chi connectivity index (χ3n) is 2.63. The quantitative estimate of drug-likeness (QED) is 0.853. The fraction of sp³-hybridized carbons (Fsp3) is 0.167. The molecule has 2 rings (SSSR count). The van der Waals surface area contributed by atoms with Crippen LogP contribution >= 0.6 is 0 Å². The molecule has 3 N–H and O–H groups in total. The van der Waals surface area contributed by atoms with Crippen molar-refractivity contribution in [3.63, 3.8) is 0 Å². The second-order valence-corrected chi connectivity index (χ2v) is 3.84. The maximum absolute atomic E-state index is 13.3. The number of hydrogen-bond donors (Lipinski definition) is 2. The van der Waals surface area contributed by atoms with Gasteiger partial charge in [0.2, 0.25) is 0 Å². The van der Waals surface area contributed by atoms with E-state index in [1.807, 2.05) is 0 Å². The van der Waals surface area contributed by atoms with Gasteiger partial charge in [0.15, 0.2) is 0 Å². The van der Waals surface area contributed by atoms with Crippen LogP contribution in [0.25, 0.3) is 0 Å². The molecule has 0 atom stereocenters. The first-order valence-electron chi connectivity index (χ1n) is 5.38. The van der Waals surface area contributed by atoms with E-state index in [0.717, 1.165) is 0 Å². The van der Waals surface area contributed by atoms with Crippen LogP contribution in [0, 0.1) is 5.82 Å². The van der Waals surface area contributed by atoms with Crippen molar-refractivity contribution in [3.8, 4) is 0 Å². The second-order valence-electron chi connectivity index (χ2n) is 3.84. The van der Waals surface area contributed by atoms with Crippen molar-refractivity contribution in [1.82, 2.24) is 15.1 Å². The number of aryl methyl sites for hydroxylation is 1. The Balaban J connectivity index is 2.05. The molecule has 0 spiro atoms. The van der Waals surface area contributed by atoms with Crippen LogP contribution in [-0.2, 0) is 13.6 Å². The van der Waals surface area contributed by atoms with Gasteiger partial charge in [0, 0.05) is 19.2 Å². The van der Waals surface area contributed by atoms with Crippen LogP contribution in [0.3, 0.4) is 0 Å². The van der Waals surface area contributed by atoms with Crippen molar-refractivity contribution in [2.24, 2.45) is 7.05 Å². The van der Waals surface area contributed by atoms with Gasteiger partial charge in [0.25, 0.3) is 5.91 Å². The number of nitrogens with one attached hydrogen (secondary N) is 1. The number of benzene rings is 1. The number of carbonyl (C=O) groups is 1. The van der Waals surface area contributed by atoms with Crippen molar-refractivity contribution in [2.45, 2.75) is 6.54 Å². The Labute approximate surface area is 103 Å². The van der Waals surface area contributed by atoms with Gasteiger partial charge < -0.3 is 11.1 Å².